The number of hydrogen-bond acceptors (Lipinski definition) is 3. The molecule has 2 aromatic carbocycles. The number of ether oxygens (including phenoxy) is 1. The van der Waals surface area contributed by atoms with E-state index < -0.39 is 0 Å². The van der Waals surface area contributed by atoms with Gasteiger partial charge in [0.25, 0.3) is 5.91 Å². The van der Waals surface area contributed by atoms with Crippen LogP contribution in [-0.2, 0) is 0 Å². The van der Waals surface area contributed by atoms with Gasteiger partial charge in [-0.3, -0.25) is 9.78 Å². The number of nitrogens with zero attached hydrogens (tertiary/aromatic N) is 1. The Bertz CT molecular complexity index is 902. The van der Waals surface area contributed by atoms with Gasteiger partial charge >= 0.3 is 0 Å². The van der Waals surface area contributed by atoms with Gasteiger partial charge in [0.05, 0.1) is 18.4 Å². The average molecular weight is 332 g/mol. The molecule has 1 heterocycles. The highest BCUT2D eigenvalue weighted by molar-refractivity contribution is 6.04. The molecule has 0 aliphatic carbocycles. The van der Waals surface area contributed by atoms with Crippen LogP contribution in [0.3, 0.4) is 0 Å². The Morgan fingerprint density at radius 3 is 2.48 bits per heavy atom. The molecule has 25 heavy (non-hydrogen) atoms. The van der Waals surface area contributed by atoms with Crippen LogP contribution in [-0.4, -0.2) is 18.0 Å². The lowest BCUT2D eigenvalue weighted by Crippen LogP contribution is -2.12. The summed E-state index contributed by atoms with van der Waals surface area (Å²) >= 11 is 0. The predicted molar refractivity (Wildman–Crippen MR) is 100 cm³/mol. The van der Waals surface area contributed by atoms with Crippen molar-refractivity contribution in [2.45, 2.75) is 13.8 Å². The fraction of sp³-hybridized carbons (Fsp3) is 0.143. The van der Waals surface area contributed by atoms with Crippen LogP contribution in [0.25, 0.3) is 11.3 Å². The third-order valence-corrected chi connectivity index (χ3v) is 4.17. The molecule has 1 N–H and O–H groups in total. The Morgan fingerprint density at radius 2 is 1.80 bits per heavy atom. The van der Waals surface area contributed by atoms with Crippen LogP contribution in [0.4, 0.5) is 5.69 Å². The monoisotopic (exact) mass is 332 g/mol. The van der Waals surface area contributed by atoms with Crippen molar-refractivity contribution < 1.29 is 9.53 Å². The smallest absolute Gasteiger partial charge is 0.257 e. The van der Waals surface area contributed by atoms with E-state index in [0.717, 1.165) is 28.3 Å². The summed E-state index contributed by atoms with van der Waals surface area (Å²) in [5, 5.41) is 2.90. The maximum Gasteiger partial charge on any atom is 0.257 e. The zero-order valence-corrected chi connectivity index (χ0v) is 14.5. The number of para-hydroxylation sites is 1. The summed E-state index contributed by atoms with van der Waals surface area (Å²) in [5.74, 6) is 0.574. The second kappa shape index (κ2) is 7.18. The zero-order chi connectivity index (χ0) is 17.8. The molecule has 0 radical (unpaired) electrons. The summed E-state index contributed by atoms with van der Waals surface area (Å²) < 4.78 is 5.36. The van der Waals surface area contributed by atoms with E-state index in [1.807, 2.05) is 62.4 Å². The molecule has 3 aromatic rings. The Kier molecular flexibility index (Phi) is 4.80. The van der Waals surface area contributed by atoms with E-state index >= 15 is 0 Å². The molecule has 0 atom stereocenters. The van der Waals surface area contributed by atoms with Gasteiger partial charge < -0.3 is 10.1 Å². The molecule has 3 rings (SSSR count). The third-order valence-electron chi connectivity index (χ3n) is 4.17. The number of benzene rings is 2. The summed E-state index contributed by atoms with van der Waals surface area (Å²) in [6, 6.07) is 17.1. The molecule has 0 bridgehead atoms. The van der Waals surface area contributed by atoms with Crippen LogP contribution in [0.15, 0.2) is 60.8 Å². The van der Waals surface area contributed by atoms with Crippen LogP contribution < -0.4 is 10.1 Å². The van der Waals surface area contributed by atoms with Crippen molar-refractivity contribution in [2.75, 3.05) is 12.4 Å². The number of aromatic nitrogens is 1. The van der Waals surface area contributed by atoms with E-state index in [0.29, 0.717) is 5.56 Å². The Labute approximate surface area is 147 Å². The van der Waals surface area contributed by atoms with Gasteiger partial charge in [0.1, 0.15) is 5.75 Å². The second-order valence-electron chi connectivity index (χ2n) is 5.89. The highest BCUT2D eigenvalue weighted by Gasteiger charge is 2.10. The van der Waals surface area contributed by atoms with Gasteiger partial charge in [-0.05, 0) is 61.4 Å². The highest BCUT2D eigenvalue weighted by atomic mass is 16.5. The van der Waals surface area contributed by atoms with Gasteiger partial charge in [-0.1, -0.05) is 18.2 Å². The van der Waals surface area contributed by atoms with Crippen molar-refractivity contribution in [3.05, 3.63) is 77.5 Å². The van der Waals surface area contributed by atoms with Crippen LogP contribution in [0.5, 0.6) is 5.75 Å². The first-order valence-corrected chi connectivity index (χ1v) is 8.06. The molecule has 1 amide bonds. The minimum atomic E-state index is -0.178. The molecule has 0 aliphatic rings. The zero-order valence-electron chi connectivity index (χ0n) is 14.5. The van der Waals surface area contributed by atoms with E-state index in [-0.39, 0.29) is 5.91 Å². The van der Waals surface area contributed by atoms with Gasteiger partial charge in [0.15, 0.2) is 0 Å². The SMILES string of the molecule is COc1ccccc1-c1ccc(C(=O)Nc2ccc(C)c(C)c2)cn1. The molecule has 1 aromatic heterocycles. The first-order valence-electron chi connectivity index (χ1n) is 8.06. The van der Waals surface area contributed by atoms with Crippen molar-refractivity contribution in [1.29, 1.82) is 0 Å². The molecule has 0 spiro atoms. The van der Waals surface area contributed by atoms with Gasteiger partial charge in [0, 0.05) is 17.4 Å². The number of rotatable bonds is 4. The number of nitrogens with one attached hydrogen (secondary N) is 1. The van der Waals surface area contributed by atoms with E-state index in [9.17, 15) is 4.79 Å². The van der Waals surface area contributed by atoms with E-state index in [2.05, 4.69) is 10.3 Å². The molecule has 4 nitrogen and oxygen atoms in total. The molecule has 0 aliphatic heterocycles. The summed E-state index contributed by atoms with van der Waals surface area (Å²) in [5.41, 5.74) is 5.29. The second-order valence-corrected chi connectivity index (χ2v) is 5.89. The van der Waals surface area contributed by atoms with E-state index in [4.69, 9.17) is 4.74 Å². The maximum absolute atomic E-state index is 12.4. The van der Waals surface area contributed by atoms with Crippen molar-refractivity contribution in [3.63, 3.8) is 0 Å². The van der Waals surface area contributed by atoms with Crippen molar-refractivity contribution in [3.8, 4) is 17.0 Å². The van der Waals surface area contributed by atoms with Crippen LogP contribution in [0.2, 0.25) is 0 Å². The van der Waals surface area contributed by atoms with Gasteiger partial charge in [-0.15, -0.1) is 0 Å². The lowest BCUT2D eigenvalue weighted by atomic mass is 10.1. The number of aryl methyl sites for hydroxylation is 2. The summed E-state index contributed by atoms with van der Waals surface area (Å²) in [4.78, 5) is 16.8. The normalized spacial score (nSPS) is 10.4. The van der Waals surface area contributed by atoms with Crippen molar-refractivity contribution >= 4 is 11.6 Å². The van der Waals surface area contributed by atoms with Crippen molar-refractivity contribution in [2.24, 2.45) is 0 Å². The molecule has 0 fully saturated rings. The number of carbonyl (C=O) groups excluding carboxylic acids is 1. The number of pyridine rings is 1. The Balaban J connectivity index is 1.79. The molecule has 0 saturated heterocycles. The number of hydrogen-bond donors (Lipinski definition) is 1. The number of carbonyl (C=O) groups is 1. The summed E-state index contributed by atoms with van der Waals surface area (Å²) in [6.07, 6.45) is 1.58. The van der Waals surface area contributed by atoms with E-state index in [1.165, 1.54) is 5.56 Å². The molecular formula is C21H20N2O2. The quantitative estimate of drug-likeness (QED) is 0.758. The Morgan fingerprint density at radius 1 is 1.00 bits per heavy atom. The minimum Gasteiger partial charge on any atom is -0.496 e. The first kappa shape index (κ1) is 16.7. The largest absolute Gasteiger partial charge is 0.496 e. The predicted octanol–water partition coefficient (Wildman–Crippen LogP) is 4.63. The molecular weight excluding hydrogens is 312 g/mol. The molecule has 0 saturated carbocycles. The van der Waals surface area contributed by atoms with Gasteiger partial charge in [-0.2, -0.15) is 0 Å². The molecule has 0 unspecified atom stereocenters. The topological polar surface area (TPSA) is 51.2 Å². The summed E-state index contributed by atoms with van der Waals surface area (Å²) in [7, 11) is 1.63. The van der Waals surface area contributed by atoms with Gasteiger partial charge in [-0.25, -0.2) is 0 Å². The fourth-order valence-corrected chi connectivity index (χ4v) is 2.57. The maximum atomic E-state index is 12.4. The number of amides is 1. The molecule has 4 heteroatoms. The number of anilines is 1. The lowest BCUT2D eigenvalue weighted by Gasteiger charge is -2.09. The van der Waals surface area contributed by atoms with Crippen LogP contribution >= 0.6 is 0 Å². The van der Waals surface area contributed by atoms with Crippen LogP contribution in [0, 0.1) is 13.8 Å². The van der Waals surface area contributed by atoms with Crippen LogP contribution in [0.1, 0.15) is 21.5 Å². The van der Waals surface area contributed by atoms with E-state index in [1.54, 1.807) is 19.4 Å². The number of methoxy groups -OCH3 is 1. The first-order chi connectivity index (χ1) is 12.1. The highest BCUT2D eigenvalue weighted by Crippen LogP contribution is 2.28. The fourth-order valence-electron chi connectivity index (χ4n) is 2.57. The minimum absolute atomic E-state index is 0.178. The standard InChI is InChI=1S/C21H20N2O2/c1-14-8-10-17(12-15(14)2)23-21(24)16-9-11-19(22-13-16)18-6-4-5-7-20(18)25-3/h4-13H,1-3H3,(H,23,24). The van der Waals surface area contributed by atoms with Gasteiger partial charge in [0.2, 0.25) is 0 Å². The average Bonchev–Trinajstić information content (AvgIpc) is 2.65. The summed E-state index contributed by atoms with van der Waals surface area (Å²) in [6.45, 7) is 4.07. The Hall–Kier alpha value is -3.14. The van der Waals surface area contributed by atoms with Crippen molar-refractivity contribution in [1.82, 2.24) is 4.98 Å². The molecule has 126 valence electrons. The lowest BCUT2D eigenvalue weighted by molar-refractivity contribution is 0.102. The third kappa shape index (κ3) is 3.69.